The number of ether oxygens (including phenoxy) is 3. The second-order valence-corrected chi connectivity index (χ2v) is 11.1. The third kappa shape index (κ3) is 5.05. The maximum atomic E-state index is 14.4. The Morgan fingerprint density at radius 1 is 1.05 bits per heavy atom. The number of anilines is 1. The van der Waals surface area contributed by atoms with E-state index in [9.17, 15) is 21.6 Å². The molecule has 1 aliphatic rings. The Kier molecular flexibility index (Phi) is 7.86. The molecule has 0 radical (unpaired) electrons. The summed E-state index contributed by atoms with van der Waals surface area (Å²) in [5, 5.41) is 6.49. The van der Waals surface area contributed by atoms with Gasteiger partial charge in [0.15, 0.2) is 17.3 Å². The lowest BCUT2D eigenvalue weighted by Gasteiger charge is -2.42. The van der Waals surface area contributed by atoms with Crippen LogP contribution in [0.3, 0.4) is 0 Å². The third-order valence-electron chi connectivity index (χ3n) is 6.50. The fraction of sp³-hybridized carbons (Fsp3) is 0.524. The fourth-order valence-electron chi connectivity index (χ4n) is 4.23. The molecule has 0 saturated heterocycles. The second kappa shape index (κ2) is 10.7. The van der Waals surface area contributed by atoms with E-state index in [2.05, 4.69) is 34.9 Å². The first kappa shape index (κ1) is 28.7. The Morgan fingerprint density at radius 2 is 1.64 bits per heavy atom. The van der Waals surface area contributed by atoms with Crippen LogP contribution < -0.4 is 14.2 Å². The molecule has 1 fully saturated rings. The Bertz CT molecular complexity index is 1410. The molecule has 0 bridgehead atoms. The highest BCUT2D eigenvalue weighted by atomic mass is 35.5. The van der Waals surface area contributed by atoms with Gasteiger partial charge in [0, 0.05) is 19.5 Å². The predicted octanol–water partition coefficient (Wildman–Crippen LogP) is 3.02. The van der Waals surface area contributed by atoms with Crippen molar-refractivity contribution < 1.29 is 35.8 Å². The molecule has 212 valence electrons. The summed E-state index contributed by atoms with van der Waals surface area (Å²) in [6.07, 6.45) is -2.55. The summed E-state index contributed by atoms with van der Waals surface area (Å²) in [4.78, 5) is 15.9. The first-order valence-electron chi connectivity index (χ1n) is 11.4. The number of hydrogen-bond acceptors (Lipinski definition) is 11. The monoisotopic (exact) mass is 592 g/mol. The van der Waals surface area contributed by atoms with Crippen LogP contribution in [0.4, 0.5) is 19.1 Å². The highest BCUT2D eigenvalue weighted by Crippen LogP contribution is 2.55. The van der Waals surface area contributed by atoms with Gasteiger partial charge in [-0.1, -0.05) is 18.0 Å². The molecule has 0 aliphatic heterocycles. The summed E-state index contributed by atoms with van der Waals surface area (Å²) in [6, 6.07) is 0. The van der Waals surface area contributed by atoms with Gasteiger partial charge in [0.2, 0.25) is 27.7 Å². The Hall–Kier alpha value is -3.31. The average molecular weight is 593 g/mol. The third-order valence-corrected chi connectivity index (χ3v) is 8.39. The predicted molar refractivity (Wildman–Crippen MR) is 130 cm³/mol. The van der Waals surface area contributed by atoms with Crippen LogP contribution in [0.5, 0.6) is 11.8 Å². The zero-order valence-electron chi connectivity index (χ0n) is 21.1. The zero-order chi connectivity index (χ0) is 28.6. The molecule has 2 unspecified atom stereocenters. The molecule has 1 saturated carbocycles. The SMILES string of the molecule is COc1ncnc(OC)c1-n1c(NS(=O)(=O)C(C)C(OC)c2ncc(Cl)cn2)nnc1C1(C(F)(F)F)CCC1. The molecule has 0 aromatic carbocycles. The lowest BCUT2D eigenvalue weighted by Crippen LogP contribution is -2.49. The molecule has 0 amide bonds. The van der Waals surface area contributed by atoms with Crippen LogP contribution in [0.15, 0.2) is 18.7 Å². The van der Waals surface area contributed by atoms with Gasteiger partial charge in [0.1, 0.15) is 23.1 Å². The van der Waals surface area contributed by atoms with Gasteiger partial charge in [0.05, 0.1) is 19.2 Å². The summed E-state index contributed by atoms with van der Waals surface area (Å²) >= 11 is 5.82. The molecule has 39 heavy (non-hydrogen) atoms. The number of nitrogens with one attached hydrogen (secondary N) is 1. The lowest BCUT2D eigenvalue weighted by molar-refractivity contribution is -0.215. The number of sulfonamides is 1. The maximum Gasteiger partial charge on any atom is 0.401 e. The number of hydrogen-bond donors (Lipinski definition) is 1. The molecule has 3 aromatic rings. The van der Waals surface area contributed by atoms with E-state index in [4.69, 9.17) is 25.8 Å². The second-order valence-electron chi connectivity index (χ2n) is 8.62. The van der Waals surface area contributed by atoms with Crippen molar-refractivity contribution in [2.75, 3.05) is 26.1 Å². The van der Waals surface area contributed by atoms with Crippen molar-refractivity contribution in [2.45, 2.75) is 49.1 Å². The number of alkyl halides is 3. The molecule has 2 atom stereocenters. The summed E-state index contributed by atoms with van der Waals surface area (Å²) < 4.78 is 89.2. The van der Waals surface area contributed by atoms with Crippen molar-refractivity contribution in [3.63, 3.8) is 0 Å². The van der Waals surface area contributed by atoms with Gasteiger partial charge in [-0.25, -0.2) is 18.4 Å². The van der Waals surface area contributed by atoms with Gasteiger partial charge in [-0.2, -0.15) is 23.1 Å². The molecular formula is C21H24ClF3N8O5S. The van der Waals surface area contributed by atoms with Gasteiger partial charge >= 0.3 is 6.18 Å². The Morgan fingerprint density at radius 3 is 2.10 bits per heavy atom. The minimum absolute atomic E-state index is 0.0206. The van der Waals surface area contributed by atoms with E-state index in [1.165, 1.54) is 40.6 Å². The maximum absolute atomic E-state index is 14.4. The van der Waals surface area contributed by atoms with Crippen LogP contribution in [-0.2, 0) is 20.2 Å². The van der Waals surface area contributed by atoms with E-state index in [1.807, 2.05) is 0 Å². The topological polar surface area (TPSA) is 156 Å². The van der Waals surface area contributed by atoms with E-state index in [0.29, 0.717) is 0 Å². The molecule has 1 N–H and O–H groups in total. The molecule has 3 aromatic heterocycles. The minimum atomic E-state index is -4.72. The summed E-state index contributed by atoms with van der Waals surface area (Å²) in [6.45, 7) is 1.31. The van der Waals surface area contributed by atoms with Gasteiger partial charge in [-0.3, -0.25) is 9.29 Å². The zero-order valence-corrected chi connectivity index (χ0v) is 22.7. The van der Waals surface area contributed by atoms with Crippen LogP contribution in [-0.4, -0.2) is 75.9 Å². The van der Waals surface area contributed by atoms with E-state index in [-0.39, 0.29) is 47.6 Å². The number of methoxy groups -OCH3 is 3. The quantitative estimate of drug-likeness (QED) is 0.369. The van der Waals surface area contributed by atoms with Crippen molar-refractivity contribution in [1.82, 2.24) is 34.7 Å². The van der Waals surface area contributed by atoms with Gasteiger partial charge < -0.3 is 14.2 Å². The average Bonchev–Trinajstić information content (AvgIpc) is 3.25. The number of nitrogens with zero attached hydrogens (tertiary/aromatic N) is 7. The van der Waals surface area contributed by atoms with Crippen molar-refractivity contribution in [3.8, 4) is 17.4 Å². The van der Waals surface area contributed by atoms with Gasteiger partial charge in [-0.05, 0) is 19.8 Å². The van der Waals surface area contributed by atoms with Crippen molar-refractivity contribution >= 4 is 27.6 Å². The van der Waals surface area contributed by atoms with Crippen LogP contribution in [0.1, 0.15) is 43.9 Å². The summed E-state index contributed by atoms with van der Waals surface area (Å²) in [5.41, 5.74) is -2.61. The smallest absolute Gasteiger partial charge is 0.401 e. The van der Waals surface area contributed by atoms with E-state index >= 15 is 0 Å². The van der Waals surface area contributed by atoms with Crippen molar-refractivity contribution in [2.24, 2.45) is 0 Å². The molecule has 0 spiro atoms. The lowest BCUT2D eigenvalue weighted by atomic mass is 9.67. The highest BCUT2D eigenvalue weighted by molar-refractivity contribution is 7.93. The highest BCUT2D eigenvalue weighted by Gasteiger charge is 2.62. The molecule has 3 heterocycles. The van der Waals surface area contributed by atoms with Gasteiger partial charge in [0.25, 0.3) is 0 Å². The first-order chi connectivity index (χ1) is 18.4. The van der Waals surface area contributed by atoms with E-state index < -0.39 is 44.7 Å². The van der Waals surface area contributed by atoms with Crippen LogP contribution in [0.2, 0.25) is 5.02 Å². The first-order valence-corrected chi connectivity index (χ1v) is 13.3. The number of aromatic nitrogens is 7. The molecule has 4 rings (SSSR count). The van der Waals surface area contributed by atoms with Crippen LogP contribution in [0.25, 0.3) is 5.69 Å². The number of rotatable bonds is 10. The Balaban J connectivity index is 1.86. The Labute approximate surface area is 226 Å². The molecule has 1 aliphatic carbocycles. The molecular weight excluding hydrogens is 569 g/mol. The summed E-state index contributed by atoms with van der Waals surface area (Å²) in [5.74, 6) is -1.50. The van der Waals surface area contributed by atoms with E-state index in [0.717, 1.165) is 10.9 Å². The summed E-state index contributed by atoms with van der Waals surface area (Å²) in [7, 11) is -0.693. The minimum Gasteiger partial charge on any atom is -0.479 e. The van der Waals surface area contributed by atoms with Crippen molar-refractivity contribution in [3.05, 3.63) is 35.4 Å². The van der Waals surface area contributed by atoms with Crippen molar-refractivity contribution in [1.29, 1.82) is 0 Å². The fourth-order valence-corrected chi connectivity index (χ4v) is 5.46. The standard InChI is InChI=1S/C21H24ClF3N8O5S/c1-11(14(36-2)15-26-8-12(22)9-27-15)39(34,35)32-19-31-30-18(20(6-5-7-20)21(23,24)25)33(19)13-16(37-3)28-10-29-17(13)38-4/h8-11,14H,5-7H2,1-4H3,(H,31,32). The van der Waals surface area contributed by atoms with E-state index in [1.54, 1.807) is 0 Å². The largest absolute Gasteiger partial charge is 0.479 e. The number of halogens is 4. The van der Waals surface area contributed by atoms with Crippen LogP contribution in [0, 0.1) is 0 Å². The van der Waals surface area contributed by atoms with Gasteiger partial charge in [-0.15, -0.1) is 10.2 Å². The normalized spacial score (nSPS) is 16.7. The van der Waals surface area contributed by atoms with Crippen LogP contribution >= 0.6 is 11.6 Å². The molecule has 13 nitrogen and oxygen atoms in total. The molecule has 18 heteroatoms.